The topological polar surface area (TPSA) is 47.3 Å². The van der Waals surface area contributed by atoms with Crippen LogP contribution in [0.1, 0.15) is 18.4 Å². The SMILES string of the molecule is CSc1cccc(N2CCCC(O)C2)c1C#N. The van der Waals surface area contributed by atoms with Gasteiger partial charge in [-0.05, 0) is 31.2 Å². The van der Waals surface area contributed by atoms with Crippen molar-refractivity contribution in [3.63, 3.8) is 0 Å². The number of benzene rings is 1. The highest BCUT2D eigenvalue weighted by atomic mass is 32.2. The first-order valence-corrected chi connectivity index (χ1v) is 6.99. The molecular weight excluding hydrogens is 232 g/mol. The number of nitriles is 1. The molecule has 1 unspecified atom stereocenters. The fourth-order valence-electron chi connectivity index (χ4n) is 2.24. The van der Waals surface area contributed by atoms with Crippen LogP contribution in [0.3, 0.4) is 0 Å². The van der Waals surface area contributed by atoms with Crippen molar-refractivity contribution in [2.24, 2.45) is 0 Å². The van der Waals surface area contributed by atoms with Crippen molar-refractivity contribution in [2.75, 3.05) is 24.2 Å². The van der Waals surface area contributed by atoms with Gasteiger partial charge in [0.25, 0.3) is 0 Å². The van der Waals surface area contributed by atoms with Crippen LogP contribution in [-0.4, -0.2) is 30.6 Å². The number of hydrogen-bond acceptors (Lipinski definition) is 4. The number of thioether (sulfide) groups is 1. The molecule has 1 N–H and O–H groups in total. The predicted octanol–water partition coefficient (Wildman–Crippen LogP) is 2.24. The maximum Gasteiger partial charge on any atom is 0.103 e. The zero-order valence-electron chi connectivity index (χ0n) is 9.89. The van der Waals surface area contributed by atoms with E-state index in [0.29, 0.717) is 6.54 Å². The van der Waals surface area contributed by atoms with Crippen molar-refractivity contribution in [3.8, 4) is 6.07 Å². The number of anilines is 1. The normalized spacial score (nSPS) is 20.1. The standard InChI is InChI=1S/C13H16N2OS/c1-17-13-6-2-5-12(11(13)8-14)15-7-3-4-10(16)9-15/h2,5-6,10,16H,3-4,7,9H2,1H3. The Kier molecular flexibility index (Phi) is 3.93. The van der Waals surface area contributed by atoms with Crippen LogP contribution in [0.25, 0.3) is 0 Å². The third kappa shape index (κ3) is 2.56. The van der Waals surface area contributed by atoms with Crippen molar-refractivity contribution in [3.05, 3.63) is 23.8 Å². The first kappa shape index (κ1) is 12.3. The zero-order valence-corrected chi connectivity index (χ0v) is 10.7. The Hall–Kier alpha value is -1.18. The lowest BCUT2D eigenvalue weighted by molar-refractivity contribution is 0.154. The molecule has 0 spiro atoms. The minimum atomic E-state index is -0.270. The summed E-state index contributed by atoms with van der Waals surface area (Å²) in [5, 5.41) is 19.0. The fraction of sp³-hybridized carbons (Fsp3) is 0.462. The molecule has 4 heteroatoms. The molecule has 3 nitrogen and oxygen atoms in total. The largest absolute Gasteiger partial charge is 0.391 e. The lowest BCUT2D eigenvalue weighted by atomic mass is 10.1. The van der Waals surface area contributed by atoms with Gasteiger partial charge in [0.2, 0.25) is 0 Å². The number of β-amino-alcohol motifs (C(OH)–C–C–N with tert-alkyl or cyclic N) is 1. The summed E-state index contributed by atoms with van der Waals surface area (Å²) in [6.07, 6.45) is 3.55. The van der Waals surface area contributed by atoms with Gasteiger partial charge in [-0.2, -0.15) is 5.26 Å². The summed E-state index contributed by atoms with van der Waals surface area (Å²) < 4.78 is 0. The second-order valence-corrected chi connectivity index (χ2v) is 5.06. The highest BCUT2D eigenvalue weighted by molar-refractivity contribution is 7.98. The Labute approximate surface area is 106 Å². The summed E-state index contributed by atoms with van der Waals surface area (Å²) in [5.41, 5.74) is 1.69. The monoisotopic (exact) mass is 248 g/mol. The molecule has 0 aliphatic carbocycles. The molecule has 1 aliphatic rings. The summed E-state index contributed by atoms with van der Waals surface area (Å²) >= 11 is 1.59. The lowest BCUT2D eigenvalue weighted by Crippen LogP contribution is -2.38. The molecule has 0 amide bonds. The minimum absolute atomic E-state index is 0.270. The van der Waals surface area contributed by atoms with Gasteiger partial charge in [0, 0.05) is 18.0 Å². The number of aliphatic hydroxyl groups is 1. The quantitative estimate of drug-likeness (QED) is 0.815. The molecule has 90 valence electrons. The second kappa shape index (κ2) is 5.44. The Bertz CT molecular complexity index is 442. The molecule has 1 fully saturated rings. The Morgan fingerprint density at radius 2 is 2.35 bits per heavy atom. The molecule has 17 heavy (non-hydrogen) atoms. The highest BCUT2D eigenvalue weighted by Crippen LogP contribution is 2.30. The van der Waals surface area contributed by atoms with E-state index in [-0.39, 0.29) is 6.10 Å². The van der Waals surface area contributed by atoms with Crippen molar-refractivity contribution in [1.29, 1.82) is 5.26 Å². The van der Waals surface area contributed by atoms with E-state index in [2.05, 4.69) is 11.0 Å². The summed E-state index contributed by atoms with van der Waals surface area (Å²) in [5.74, 6) is 0. The van der Waals surface area contributed by atoms with Crippen LogP contribution >= 0.6 is 11.8 Å². The molecule has 1 aromatic carbocycles. The molecule has 1 atom stereocenters. The van der Waals surface area contributed by atoms with E-state index in [1.54, 1.807) is 11.8 Å². The number of piperidine rings is 1. The Morgan fingerprint density at radius 3 is 3.00 bits per heavy atom. The third-order valence-corrected chi connectivity index (χ3v) is 3.85. The molecule has 0 radical (unpaired) electrons. The first-order chi connectivity index (χ1) is 8.26. The number of hydrogen-bond donors (Lipinski definition) is 1. The average molecular weight is 248 g/mol. The van der Waals surface area contributed by atoms with E-state index >= 15 is 0 Å². The molecule has 0 aromatic heterocycles. The smallest absolute Gasteiger partial charge is 0.103 e. The van der Waals surface area contributed by atoms with Crippen molar-refractivity contribution in [1.82, 2.24) is 0 Å². The molecule has 2 rings (SSSR count). The van der Waals surface area contributed by atoms with Gasteiger partial charge in [0.15, 0.2) is 0 Å². The van der Waals surface area contributed by atoms with Crippen LogP contribution < -0.4 is 4.90 Å². The molecule has 1 saturated heterocycles. The maximum absolute atomic E-state index is 9.70. The third-order valence-electron chi connectivity index (χ3n) is 3.07. The highest BCUT2D eigenvalue weighted by Gasteiger charge is 2.21. The molecule has 1 aromatic rings. The second-order valence-electron chi connectivity index (χ2n) is 4.21. The summed E-state index contributed by atoms with van der Waals surface area (Å²) in [4.78, 5) is 3.12. The van der Waals surface area contributed by atoms with Gasteiger partial charge in [-0.1, -0.05) is 6.07 Å². The van der Waals surface area contributed by atoms with E-state index in [4.69, 9.17) is 0 Å². The molecule has 0 bridgehead atoms. The van der Waals surface area contributed by atoms with Gasteiger partial charge in [-0.25, -0.2) is 0 Å². The number of rotatable bonds is 2. The van der Waals surface area contributed by atoms with Gasteiger partial charge in [0.1, 0.15) is 6.07 Å². The lowest BCUT2D eigenvalue weighted by Gasteiger charge is -2.32. The Balaban J connectivity index is 2.34. The summed E-state index contributed by atoms with van der Waals surface area (Å²) in [7, 11) is 0. The zero-order chi connectivity index (χ0) is 12.3. The van der Waals surface area contributed by atoms with E-state index < -0.39 is 0 Å². The fourth-order valence-corrected chi connectivity index (χ4v) is 2.81. The van der Waals surface area contributed by atoms with Crippen molar-refractivity contribution >= 4 is 17.4 Å². The van der Waals surface area contributed by atoms with Gasteiger partial charge < -0.3 is 10.0 Å². The minimum Gasteiger partial charge on any atom is -0.391 e. The van der Waals surface area contributed by atoms with Crippen LogP contribution in [0.2, 0.25) is 0 Å². The molecular formula is C13H16N2OS. The molecule has 0 saturated carbocycles. The van der Waals surface area contributed by atoms with E-state index in [1.165, 1.54) is 0 Å². The maximum atomic E-state index is 9.70. The van der Waals surface area contributed by atoms with Gasteiger partial charge >= 0.3 is 0 Å². The van der Waals surface area contributed by atoms with E-state index in [9.17, 15) is 10.4 Å². The van der Waals surface area contributed by atoms with Crippen molar-refractivity contribution in [2.45, 2.75) is 23.8 Å². The first-order valence-electron chi connectivity index (χ1n) is 5.76. The summed E-state index contributed by atoms with van der Waals surface area (Å²) in [6.45, 7) is 1.55. The van der Waals surface area contributed by atoms with Crippen LogP contribution in [0, 0.1) is 11.3 Å². The number of aliphatic hydroxyl groups excluding tert-OH is 1. The average Bonchev–Trinajstić information content (AvgIpc) is 2.37. The van der Waals surface area contributed by atoms with Crippen molar-refractivity contribution < 1.29 is 5.11 Å². The molecule has 1 aliphatic heterocycles. The van der Waals surface area contributed by atoms with E-state index in [0.717, 1.165) is 35.5 Å². The van der Waals surface area contributed by atoms with Gasteiger partial charge in [-0.15, -0.1) is 11.8 Å². The van der Waals surface area contributed by atoms with Gasteiger partial charge in [0.05, 0.1) is 17.4 Å². The van der Waals surface area contributed by atoms with Crippen LogP contribution in [0.5, 0.6) is 0 Å². The Morgan fingerprint density at radius 1 is 1.53 bits per heavy atom. The van der Waals surface area contributed by atoms with Crippen LogP contribution in [0.4, 0.5) is 5.69 Å². The summed E-state index contributed by atoms with van der Waals surface area (Å²) in [6, 6.07) is 8.19. The van der Waals surface area contributed by atoms with E-state index in [1.807, 2.05) is 24.5 Å². The predicted molar refractivity (Wildman–Crippen MR) is 70.4 cm³/mol. The molecule has 1 heterocycles. The van der Waals surface area contributed by atoms with Crippen LogP contribution in [0.15, 0.2) is 23.1 Å². The van der Waals surface area contributed by atoms with Crippen LogP contribution in [-0.2, 0) is 0 Å². The van der Waals surface area contributed by atoms with Gasteiger partial charge in [-0.3, -0.25) is 0 Å². The number of nitrogens with zero attached hydrogens (tertiary/aromatic N) is 2.